The van der Waals surface area contributed by atoms with Crippen molar-refractivity contribution in [3.8, 4) is 0 Å². The SMILES string of the molecule is CCn1c(C(=O)N2CCCCC2)cc2cccc(Br)c21. The number of aromatic nitrogens is 1. The van der Waals surface area contributed by atoms with Gasteiger partial charge in [0.25, 0.3) is 5.91 Å². The number of benzene rings is 1. The van der Waals surface area contributed by atoms with Crippen LogP contribution in [0.3, 0.4) is 0 Å². The Hall–Kier alpha value is -1.29. The van der Waals surface area contributed by atoms with Crippen molar-refractivity contribution >= 4 is 32.7 Å². The van der Waals surface area contributed by atoms with E-state index in [1.165, 1.54) is 6.42 Å². The fourth-order valence-electron chi connectivity index (χ4n) is 3.04. The second-order valence-electron chi connectivity index (χ2n) is 5.30. The number of nitrogens with zero attached hydrogens (tertiary/aromatic N) is 2. The Morgan fingerprint density at radius 3 is 2.70 bits per heavy atom. The van der Waals surface area contributed by atoms with E-state index in [4.69, 9.17) is 0 Å². The summed E-state index contributed by atoms with van der Waals surface area (Å²) in [6, 6.07) is 8.14. The van der Waals surface area contributed by atoms with Crippen molar-refractivity contribution in [3.05, 3.63) is 34.4 Å². The molecule has 1 aromatic carbocycles. The van der Waals surface area contributed by atoms with E-state index in [9.17, 15) is 4.79 Å². The number of hydrogen-bond donors (Lipinski definition) is 0. The highest BCUT2D eigenvalue weighted by molar-refractivity contribution is 9.10. The van der Waals surface area contributed by atoms with Crippen molar-refractivity contribution in [2.75, 3.05) is 13.1 Å². The average molecular weight is 335 g/mol. The van der Waals surface area contributed by atoms with Gasteiger partial charge in [-0.25, -0.2) is 0 Å². The van der Waals surface area contributed by atoms with E-state index in [0.29, 0.717) is 0 Å². The van der Waals surface area contributed by atoms with Crippen LogP contribution >= 0.6 is 15.9 Å². The first-order valence-corrected chi connectivity index (χ1v) is 8.08. The van der Waals surface area contributed by atoms with E-state index < -0.39 is 0 Å². The minimum atomic E-state index is 0.176. The number of carbonyl (C=O) groups is 1. The highest BCUT2D eigenvalue weighted by Crippen LogP contribution is 2.28. The summed E-state index contributed by atoms with van der Waals surface area (Å²) in [6.45, 7) is 4.68. The number of aryl methyl sites for hydroxylation is 1. The third kappa shape index (κ3) is 2.26. The number of piperidine rings is 1. The molecule has 1 saturated heterocycles. The lowest BCUT2D eigenvalue weighted by atomic mass is 10.1. The topological polar surface area (TPSA) is 25.2 Å². The van der Waals surface area contributed by atoms with Gasteiger partial charge in [-0.15, -0.1) is 0 Å². The first-order chi connectivity index (χ1) is 9.72. The van der Waals surface area contributed by atoms with Crippen molar-refractivity contribution in [1.82, 2.24) is 9.47 Å². The molecule has 3 nitrogen and oxygen atoms in total. The molecule has 106 valence electrons. The molecule has 0 aliphatic carbocycles. The predicted octanol–water partition coefficient (Wildman–Crippen LogP) is 4.05. The molecule has 0 spiro atoms. The summed E-state index contributed by atoms with van der Waals surface area (Å²) in [5.41, 5.74) is 1.94. The minimum Gasteiger partial charge on any atom is -0.337 e. The first kappa shape index (κ1) is 13.7. The van der Waals surface area contributed by atoms with Crippen molar-refractivity contribution in [1.29, 1.82) is 0 Å². The van der Waals surface area contributed by atoms with Gasteiger partial charge in [-0.2, -0.15) is 0 Å². The third-order valence-corrected chi connectivity index (χ3v) is 4.69. The number of hydrogen-bond acceptors (Lipinski definition) is 1. The smallest absolute Gasteiger partial charge is 0.270 e. The van der Waals surface area contributed by atoms with Crippen LogP contribution in [0, 0.1) is 0 Å². The molecule has 0 N–H and O–H groups in total. The number of fused-ring (bicyclic) bond motifs is 1. The Balaban J connectivity index is 2.06. The quantitative estimate of drug-likeness (QED) is 0.813. The van der Waals surface area contributed by atoms with Gasteiger partial charge in [0.2, 0.25) is 0 Å². The van der Waals surface area contributed by atoms with E-state index in [-0.39, 0.29) is 5.91 Å². The number of para-hydroxylation sites is 1. The molecule has 0 bridgehead atoms. The molecule has 4 heteroatoms. The zero-order valence-electron chi connectivity index (χ0n) is 11.7. The molecule has 1 aliphatic rings. The Morgan fingerprint density at radius 2 is 2.00 bits per heavy atom. The lowest BCUT2D eigenvalue weighted by Gasteiger charge is -2.27. The molecule has 0 unspecified atom stereocenters. The molecule has 0 radical (unpaired) electrons. The fraction of sp³-hybridized carbons (Fsp3) is 0.438. The second-order valence-corrected chi connectivity index (χ2v) is 6.16. The zero-order valence-corrected chi connectivity index (χ0v) is 13.3. The van der Waals surface area contributed by atoms with Gasteiger partial charge in [-0.05, 0) is 54.2 Å². The molecule has 3 rings (SSSR count). The highest BCUT2D eigenvalue weighted by atomic mass is 79.9. The van der Waals surface area contributed by atoms with Gasteiger partial charge in [-0.1, -0.05) is 12.1 Å². The molecular formula is C16H19BrN2O. The van der Waals surface area contributed by atoms with Crippen molar-refractivity contribution < 1.29 is 4.79 Å². The van der Waals surface area contributed by atoms with E-state index in [2.05, 4.69) is 33.5 Å². The van der Waals surface area contributed by atoms with Crippen LogP contribution in [-0.4, -0.2) is 28.5 Å². The van der Waals surface area contributed by atoms with Crippen LogP contribution in [0.25, 0.3) is 10.9 Å². The largest absolute Gasteiger partial charge is 0.337 e. The molecule has 20 heavy (non-hydrogen) atoms. The number of carbonyl (C=O) groups excluding carboxylic acids is 1. The maximum absolute atomic E-state index is 12.8. The van der Waals surface area contributed by atoms with Gasteiger partial charge in [0.15, 0.2) is 0 Å². The molecule has 1 fully saturated rings. The van der Waals surface area contributed by atoms with E-state index >= 15 is 0 Å². The molecule has 1 aliphatic heterocycles. The van der Waals surface area contributed by atoms with E-state index in [1.807, 2.05) is 23.1 Å². The normalized spacial score (nSPS) is 15.8. The summed E-state index contributed by atoms with van der Waals surface area (Å²) in [5.74, 6) is 0.176. The first-order valence-electron chi connectivity index (χ1n) is 7.29. The van der Waals surface area contributed by atoms with Gasteiger partial charge in [0.05, 0.1) is 5.52 Å². The van der Waals surface area contributed by atoms with Crippen LogP contribution in [0.2, 0.25) is 0 Å². The summed E-state index contributed by atoms with van der Waals surface area (Å²) in [4.78, 5) is 14.7. The Morgan fingerprint density at radius 1 is 1.25 bits per heavy atom. The molecule has 1 aromatic heterocycles. The van der Waals surface area contributed by atoms with Crippen LogP contribution in [0.4, 0.5) is 0 Å². The van der Waals surface area contributed by atoms with E-state index in [1.54, 1.807) is 0 Å². The molecular weight excluding hydrogens is 316 g/mol. The molecule has 0 saturated carbocycles. The molecule has 1 amide bonds. The summed E-state index contributed by atoms with van der Waals surface area (Å²) in [7, 11) is 0. The predicted molar refractivity (Wildman–Crippen MR) is 85.1 cm³/mol. The number of likely N-dealkylation sites (tertiary alicyclic amines) is 1. The van der Waals surface area contributed by atoms with Crippen LogP contribution in [-0.2, 0) is 6.54 Å². The Labute approximate surface area is 127 Å². The maximum Gasteiger partial charge on any atom is 0.270 e. The van der Waals surface area contributed by atoms with Crippen molar-refractivity contribution in [3.63, 3.8) is 0 Å². The molecule has 2 heterocycles. The summed E-state index contributed by atoms with van der Waals surface area (Å²) < 4.78 is 3.17. The van der Waals surface area contributed by atoms with Gasteiger partial charge >= 0.3 is 0 Å². The highest BCUT2D eigenvalue weighted by Gasteiger charge is 2.22. The van der Waals surface area contributed by atoms with Crippen LogP contribution < -0.4 is 0 Å². The van der Waals surface area contributed by atoms with Crippen LogP contribution in [0.1, 0.15) is 36.7 Å². The maximum atomic E-state index is 12.8. The van der Waals surface area contributed by atoms with Crippen molar-refractivity contribution in [2.24, 2.45) is 0 Å². The number of amides is 1. The summed E-state index contributed by atoms with van der Waals surface area (Å²) >= 11 is 3.60. The zero-order chi connectivity index (χ0) is 14.1. The lowest BCUT2D eigenvalue weighted by Crippen LogP contribution is -2.36. The summed E-state index contributed by atoms with van der Waals surface area (Å²) in [5, 5.41) is 1.13. The second kappa shape index (κ2) is 5.60. The minimum absolute atomic E-state index is 0.176. The van der Waals surface area contributed by atoms with Gasteiger partial charge in [0.1, 0.15) is 5.69 Å². The molecule has 0 atom stereocenters. The van der Waals surface area contributed by atoms with Gasteiger partial charge < -0.3 is 9.47 Å². The van der Waals surface area contributed by atoms with E-state index in [0.717, 1.165) is 53.5 Å². The fourth-order valence-corrected chi connectivity index (χ4v) is 3.64. The van der Waals surface area contributed by atoms with Gasteiger partial charge in [-0.3, -0.25) is 4.79 Å². The van der Waals surface area contributed by atoms with Crippen molar-refractivity contribution in [2.45, 2.75) is 32.7 Å². The lowest BCUT2D eigenvalue weighted by molar-refractivity contribution is 0.0714. The standard InChI is InChI=1S/C16H19BrN2O/c1-2-19-14(16(20)18-9-4-3-5-10-18)11-12-7-6-8-13(17)15(12)19/h6-8,11H,2-5,9-10H2,1H3. The Kier molecular flexibility index (Phi) is 3.83. The number of halogens is 1. The monoisotopic (exact) mass is 334 g/mol. The van der Waals surface area contributed by atoms with Gasteiger partial charge in [0, 0.05) is 29.5 Å². The molecule has 2 aromatic rings. The summed E-state index contributed by atoms with van der Waals surface area (Å²) in [6.07, 6.45) is 3.50. The third-order valence-electron chi connectivity index (χ3n) is 4.05. The number of rotatable bonds is 2. The average Bonchev–Trinajstić information content (AvgIpc) is 2.87. The Bertz CT molecular complexity index is 641. The van der Waals surface area contributed by atoms with Crippen LogP contribution in [0.15, 0.2) is 28.7 Å². The van der Waals surface area contributed by atoms with Crippen LogP contribution in [0.5, 0.6) is 0 Å².